The molecule has 0 saturated carbocycles. The Morgan fingerprint density at radius 3 is 2.60 bits per heavy atom. The number of amides is 1. The zero-order chi connectivity index (χ0) is 20.9. The molecule has 4 rings (SSSR count). The number of hydrogen-bond donors (Lipinski definition) is 1. The van der Waals surface area contributed by atoms with Gasteiger partial charge < -0.3 is 14.6 Å². The minimum Gasteiger partial charge on any atom is -0.465 e. The lowest BCUT2D eigenvalue weighted by Gasteiger charge is -2.08. The Labute approximate surface area is 172 Å². The van der Waals surface area contributed by atoms with Gasteiger partial charge in [0.15, 0.2) is 17.0 Å². The molecule has 0 spiro atoms. The highest BCUT2D eigenvalue weighted by atomic mass is 16.5. The van der Waals surface area contributed by atoms with Gasteiger partial charge in [0, 0.05) is 5.56 Å². The van der Waals surface area contributed by atoms with Gasteiger partial charge in [0.2, 0.25) is 0 Å². The minimum atomic E-state index is -0.390. The fourth-order valence-corrected chi connectivity index (χ4v) is 3.08. The van der Waals surface area contributed by atoms with Crippen LogP contribution >= 0.6 is 0 Å². The summed E-state index contributed by atoms with van der Waals surface area (Å²) in [6.45, 7) is 2.02. The van der Waals surface area contributed by atoms with E-state index < -0.39 is 5.97 Å². The van der Waals surface area contributed by atoms with Gasteiger partial charge in [0.05, 0.1) is 12.9 Å². The number of carbonyl (C=O) groups is 2. The number of carbonyl (C=O) groups excluding carboxylic acids is 2. The van der Waals surface area contributed by atoms with Crippen molar-refractivity contribution in [3.05, 3.63) is 72.8 Å². The number of fused-ring (bicyclic) bond motifs is 1. The van der Waals surface area contributed by atoms with Gasteiger partial charge in [-0.05, 0) is 30.2 Å². The summed E-state index contributed by atoms with van der Waals surface area (Å²) in [5.74, 6) is -0.427. The summed E-state index contributed by atoms with van der Waals surface area (Å²) in [7, 11) is 0. The van der Waals surface area contributed by atoms with E-state index in [-0.39, 0.29) is 18.3 Å². The van der Waals surface area contributed by atoms with Gasteiger partial charge in [-0.2, -0.15) is 0 Å². The number of aromatic nitrogens is 4. The quantitative estimate of drug-likeness (QED) is 0.498. The van der Waals surface area contributed by atoms with E-state index in [9.17, 15) is 9.59 Å². The van der Waals surface area contributed by atoms with E-state index in [2.05, 4.69) is 20.3 Å². The maximum atomic E-state index is 12.8. The Morgan fingerprint density at radius 2 is 1.80 bits per heavy atom. The molecule has 0 aliphatic carbocycles. The molecule has 0 atom stereocenters. The van der Waals surface area contributed by atoms with Crippen molar-refractivity contribution in [1.82, 2.24) is 19.5 Å². The van der Waals surface area contributed by atoms with E-state index in [1.54, 1.807) is 17.6 Å². The smallest absolute Gasteiger partial charge is 0.326 e. The summed E-state index contributed by atoms with van der Waals surface area (Å²) in [5, 5.41) is 2.79. The Bertz CT molecular complexity index is 1200. The molecular formula is C22H19N5O3. The molecule has 8 heteroatoms. The summed E-state index contributed by atoms with van der Waals surface area (Å²) in [5.41, 5.74) is 3.29. The molecule has 2 aromatic heterocycles. The normalized spacial score (nSPS) is 10.7. The number of nitrogens with zero attached hydrogens (tertiary/aromatic N) is 4. The molecule has 4 aromatic rings. The third-order valence-corrected chi connectivity index (χ3v) is 4.47. The fraction of sp³-hybridized carbons (Fsp3) is 0.136. The van der Waals surface area contributed by atoms with Crippen LogP contribution in [0.3, 0.4) is 0 Å². The zero-order valence-electron chi connectivity index (χ0n) is 16.3. The van der Waals surface area contributed by atoms with Crippen LogP contribution in [0.15, 0.2) is 67.3 Å². The molecule has 0 radical (unpaired) electrons. The fourth-order valence-electron chi connectivity index (χ4n) is 3.08. The predicted octanol–water partition coefficient (Wildman–Crippen LogP) is 3.31. The molecule has 30 heavy (non-hydrogen) atoms. The molecule has 1 N–H and O–H groups in total. The van der Waals surface area contributed by atoms with Crippen LogP contribution < -0.4 is 5.32 Å². The van der Waals surface area contributed by atoms with Gasteiger partial charge in [-0.3, -0.25) is 9.59 Å². The van der Waals surface area contributed by atoms with Gasteiger partial charge in [-0.1, -0.05) is 42.5 Å². The van der Waals surface area contributed by atoms with Crippen molar-refractivity contribution in [3.63, 3.8) is 0 Å². The van der Waals surface area contributed by atoms with Gasteiger partial charge in [-0.25, -0.2) is 15.0 Å². The Hall–Kier alpha value is -4.07. The lowest BCUT2D eigenvalue weighted by atomic mass is 10.0. The first-order valence-electron chi connectivity index (χ1n) is 9.44. The van der Waals surface area contributed by atoms with Crippen LogP contribution in [-0.4, -0.2) is 38.0 Å². The standard InChI is InChI=1S/C22H19N5O3/c1-2-30-18(28)12-27-14-25-19-20(23-13-24-21(19)27)26-22(29)17-10-6-9-16(11-17)15-7-4-3-5-8-15/h3-11,13-14H,2,12H2,1H3,(H,23,24,26,29). The molecule has 0 fully saturated rings. The molecule has 1 amide bonds. The number of benzene rings is 2. The van der Waals surface area contributed by atoms with Gasteiger partial charge >= 0.3 is 5.97 Å². The summed E-state index contributed by atoms with van der Waals surface area (Å²) in [6.07, 6.45) is 2.80. The first kappa shape index (κ1) is 19.3. The zero-order valence-corrected chi connectivity index (χ0v) is 16.3. The highest BCUT2D eigenvalue weighted by molar-refractivity contribution is 6.07. The maximum absolute atomic E-state index is 12.8. The van der Waals surface area contributed by atoms with Crippen LogP contribution in [0.25, 0.3) is 22.3 Å². The van der Waals surface area contributed by atoms with E-state index in [0.29, 0.717) is 23.3 Å². The molecule has 0 saturated heterocycles. The second-order valence-electron chi connectivity index (χ2n) is 6.47. The Balaban J connectivity index is 1.58. The molecule has 0 aliphatic heterocycles. The third kappa shape index (κ3) is 4.02. The maximum Gasteiger partial charge on any atom is 0.326 e. The number of hydrogen-bond acceptors (Lipinski definition) is 6. The molecule has 150 valence electrons. The van der Waals surface area contributed by atoms with Gasteiger partial charge in [0.25, 0.3) is 5.91 Å². The summed E-state index contributed by atoms with van der Waals surface area (Å²) < 4.78 is 6.52. The van der Waals surface area contributed by atoms with E-state index in [4.69, 9.17) is 4.74 Å². The topological polar surface area (TPSA) is 99.0 Å². The monoisotopic (exact) mass is 401 g/mol. The van der Waals surface area contributed by atoms with Crippen molar-refractivity contribution in [3.8, 4) is 11.1 Å². The van der Waals surface area contributed by atoms with Crippen molar-refractivity contribution in [2.24, 2.45) is 0 Å². The predicted molar refractivity (Wildman–Crippen MR) is 112 cm³/mol. The molecular weight excluding hydrogens is 382 g/mol. The average molecular weight is 401 g/mol. The molecule has 2 heterocycles. The second kappa shape index (κ2) is 8.52. The minimum absolute atomic E-state index is 0.0200. The molecule has 2 aromatic carbocycles. The number of anilines is 1. The third-order valence-electron chi connectivity index (χ3n) is 4.47. The van der Waals surface area contributed by atoms with E-state index in [1.165, 1.54) is 12.7 Å². The summed E-state index contributed by atoms with van der Waals surface area (Å²) >= 11 is 0. The number of ether oxygens (including phenoxy) is 1. The highest BCUT2D eigenvalue weighted by Crippen LogP contribution is 2.22. The van der Waals surface area contributed by atoms with E-state index in [1.807, 2.05) is 48.5 Å². The highest BCUT2D eigenvalue weighted by Gasteiger charge is 2.15. The van der Waals surface area contributed by atoms with Crippen LogP contribution in [0.2, 0.25) is 0 Å². The molecule has 0 aliphatic rings. The van der Waals surface area contributed by atoms with Crippen LogP contribution in [-0.2, 0) is 16.1 Å². The van der Waals surface area contributed by atoms with Crippen molar-refractivity contribution in [1.29, 1.82) is 0 Å². The molecule has 0 bridgehead atoms. The lowest BCUT2D eigenvalue weighted by Crippen LogP contribution is -2.14. The van der Waals surface area contributed by atoms with Crippen molar-refractivity contribution in [2.75, 3.05) is 11.9 Å². The number of rotatable bonds is 6. The van der Waals surface area contributed by atoms with Crippen LogP contribution in [0.5, 0.6) is 0 Å². The first-order chi connectivity index (χ1) is 14.7. The first-order valence-corrected chi connectivity index (χ1v) is 9.44. The molecule has 0 unspecified atom stereocenters. The van der Waals surface area contributed by atoms with Crippen molar-refractivity contribution >= 4 is 28.9 Å². The number of nitrogens with one attached hydrogen (secondary N) is 1. The Kier molecular flexibility index (Phi) is 5.47. The molecule has 8 nitrogen and oxygen atoms in total. The number of esters is 1. The summed E-state index contributed by atoms with van der Waals surface area (Å²) in [6, 6.07) is 17.2. The van der Waals surface area contributed by atoms with Gasteiger partial charge in [0.1, 0.15) is 12.9 Å². The number of imidazole rings is 1. The SMILES string of the molecule is CCOC(=O)Cn1cnc2c(NC(=O)c3cccc(-c4ccccc4)c3)ncnc21. The van der Waals surface area contributed by atoms with E-state index >= 15 is 0 Å². The average Bonchev–Trinajstić information content (AvgIpc) is 3.18. The van der Waals surface area contributed by atoms with Gasteiger partial charge in [-0.15, -0.1) is 0 Å². The van der Waals surface area contributed by atoms with E-state index in [0.717, 1.165) is 11.1 Å². The second-order valence-corrected chi connectivity index (χ2v) is 6.47. The van der Waals surface area contributed by atoms with Crippen LogP contribution in [0.1, 0.15) is 17.3 Å². The summed E-state index contributed by atoms with van der Waals surface area (Å²) in [4.78, 5) is 37.2. The van der Waals surface area contributed by atoms with Crippen LogP contribution in [0, 0.1) is 0 Å². The van der Waals surface area contributed by atoms with Crippen molar-refractivity contribution in [2.45, 2.75) is 13.5 Å². The Morgan fingerprint density at radius 1 is 1.00 bits per heavy atom. The van der Waals surface area contributed by atoms with Crippen molar-refractivity contribution < 1.29 is 14.3 Å². The van der Waals surface area contributed by atoms with Crippen LogP contribution in [0.4, 0.5) is 5.82 Å². The largest absolute Gasteiger partial charge is 0.465 e. The lowest BCUT2D eigenvalue weighted by molar-refractivity contribution is -0.143.